The van der Waals surface area contributed by atoms with E-state index in [-0.39, 0.29) is 5.97 Å². The second-order valence-electron chi connectivity index (χ2n) is 5.28. The molecule has 2 aromatic rings. The minimum Gasteiger partial charge on any atom is -0.465 e. The summed E-state index contributed by atoms with van der Waals surface area (Å²) in [5.41, 5.74) is 0. The fourth-order valence-electron chi connectivity index (χ4n) is 2.48. The van der Waals surface area contributed by atoms with Gasteiger partial charge in [-0.2, -0.15) is 0 Å². The van der Waals surface area contributed by atoms with Crippen LogP contribution in [0.15, 0.2) is 24.3 Å². The van der Waals surface area contributed by atoms with Crippen molar-refractivity contribution in [3.8, 4) is 0 Å². The van der Waals surface area contributed by atoms with Gasteiger partial charge in [-0.1, -0.05) is 29.8 Å². The zero-order valence-corrected chi connectivity index (χ0v) is 13.5. The molecule has 0 saturated heterocycles. The maximum atomic E-state index is 11.7. The molecule has 0 radical (unpaired) electrons. The van der Waals surface area contributed by atoms with Crippen LogP contribution in [0.1, 0.15) is 24.6 Å². The summed E-state index contributed by atoms with van der Waals surface area (Å²) in [7, 11) is 0. The monoisotopic (exact) mass is 323 g/mol. The molecule has 112 valence electrons. The second kappa shape index (κ2) is 6.34. The van der Waals surface area contributed by atoms with Gasteiger partial charge in [-0.25, -0.2) is 0 Å². The number of hydrogen-bond donors (Lipinski definition) is 0. The Morgan fingerprint density at radius 1 is 1.43 bits per heavy atom. The molecule has 0 aliphatic heterocycles. The zero-order chi connectivity index (χ0) is 14.8. The Labute approximate surface area is 133 Å². The topological polar surface area (TPSA) is 29.5 Å². The standard InChI is InChI=1S/C16H18ClNO2S/c1-2-20-15(19)10-18(11-7-8-11)9-14-16(17)12-5-3-4-6-13(12)21-14/h3-6,11H,2,7-10H2,1H3. The summed E-state index contributed by atoms with van der Waals surface area (Å²) in [6.07, 6.45) is 2.31. The number of halogens is 1. The van der Waals surface area contributed by atoms with Crippen molar-refractivity contribution in [3.63, 3.8) is 0 Å². The number of esters is 1. The van der Waals surface area contributed by atoms with Crippen molar-refractivity contribution < 1.29 is 9.53 Å². The van der Waals surface area contributed by atoms with Gasteiger partial charge in [0.1, 0.15) is 0 Å². The molecule has 1 aliphatic carbocycles. The highest BCUT2D eigenvalue weighted by molar-refractivity contribution is 7.19. The predicted molar refractivity (Wildman–Crippen MR) is 86.9 cm³/mol. The Morgan fingerprint density at radius 3 is 2.86 bits per heavy atom. The minimum atomic E-state index is -0.151. The smallest absolute Gasteiger partial charge is 0.320 e. The molecule has 21 heavy (non-hydrogen) atoms. The van der Waals surface area contributed by atoms with Crippen LogP contribution in [0.3, 0.4) is 0 Å². The number of carbonyl (C=O) groups is 1. The number of benzene rings is 1. The van der Waals surface area contributed by atoms with Gasteiger partial charge in [-0.05, 0) is 25.8 Å². The van der Waals surface area contributed by atoms with Crippen molar-refractivity contribution in [1.82, 2.24) is 4.90 Å². The molecule has 0 amide bonds. The average molecular weight is 324 g/mol. The first-order valence-electron chi connectivity index (χ1n) is 7.24. The average Bonchev–Trinajstić information content (AvgIpc) is 3.26. The molecule has 0 N–H and O–H groups in total. The van der Waals surface area contributed by atoms with Gasteiger partial charge in [0.25, 0.3) is 0 Å². The Morgan fingerprint density at radius 2 is 2.19 bits per heavy atom. The first-order valence-corrected chi connectivity index (χ1v) is 8.44. The van der Waals surface area contributed by atoms with Gasteiger partial charge in [0.05, 0.1) is 18.2 Å². The molecule has 1 aromatic carbocycles. The molecule has 1 aliphatic rings. The number of rotatable bonds is 6. The van der Waals surface area contributed by atoms with E-state index in [1.54, 1.807) is 11.3 Å². The van der Waals surface area contributed by atoms with Crippen molar-refractivity contribution in [3.05, 3.63) is 34.2 Å². The van der Waals surface area contributed by atoms with E-state index in [0.717, 1.165) is 34.7 Å². The van der Waals surface area contributed by atoms with Crippen LogP contribution in [0, 0.1) is 0 Å². The van der Waals surface area contributed by atoms with E-state index in [4.69, 9.17) is 16.3 Å². The van der Waals surface area contributed by atoms with Crippen LogP contribution in [0.25, 0.3) is 10.1 Å². The molecule has 0 atom stereocenters. The molecule has 1 aromatic heterocycles. The highest BCUT2D eigenvalue weighted by Gasteiger charge is 2.31. The third-order valence-corrected chi connectivity index (χ3v) is 5.35. The van der Waals surface area contributed by atoms with Gasteiger partial charge in [-0.15, -0.1) is 11.3 Å². The Hall–Kier alpha value is -1.10. The minimum absolute atomic E-state index is 0.151. The van der Waals surface area contributed by atoms with Crippen molar-refractivity contribution in [2.24, 2.45) is 0 Å². The van der Waals surface area contributed by atoms with Crippen LogP contribution in [0.4, 0.5) is 0 Å². The number of ether oxygens (including phenoxy) is 1. The summed E-state index contributed by atoms with van der Waals surface area (Å²) in [5.74, 6) is -0.151. The number of hydrogen-bond acceptors (Lipinski definition) is 4. The molecule has 1 heterocycles. The molecule has 0 bridgehead atoms. The molecule has 5 heteroatoms. The summed E-state index contributed by atoms with van der Waals surface area (Å²) in [6.45, 7) is 3.34. The SMILES string of the molecule is CCOC(=O)CN(Cc1sc2ccccc2c1Cl)C1CC1. The number of fused-ring (bicyclic) bond motifs is 1. The van der Waals surface area contributed by atoms with Crippen molar-refractivity contribution >= 4 is 39.0 Å². The molecular formula is C16H18ClNO2S. The van der Waals surface area contributed by atoms with Crippen molar-refractivity contribution in [1.29, 1.82) is 0 Å². The lowest BCUT2D eigenvalue weighted by Crippen LogP contribution is -2.32. The van der Waals surface area contributed by atoms with E-state index in [1.807, 2.05) is 25.1 Å². The van der Waals surface area contributed by atoms with Gasteiger partial charge in [0.15, 0.2) is 0 Å². The van der Waals surface area contributed by atoms with Crippen LogP contribution in [0.5, 0.6) is 0 Å². The third kappa shape index (κ3) is 3.39. The van der Waals surface area contributed by atoms with E-state index in [0.29, 0.717) is 19.2 Å². The third-order valence-electron chi connectivity index (χ3n) is 3.65. The molecule has 0 spiro atoms. The maximum absolute atomic E-state index is 11.7. The van der Waals surface area contributed by atoms with Crippen molar-refractivity contribution in [2.75, 3.05) is 13.2 Å². The Kier molecular flexibility index (Phi) is 4.48. The van der Waals surface area contributed by atoms with E-state index in [1.165, 1.54) is 4.70 Å². The first kappa shape index (κ1) is 14.8. The molecule has 1 saturated carbocycles. The summed E-state index contributed by atoms with van der Waals surface area (Å²) < 4.78 is 6.27. The van der Waals surface area contributed by atoms with Crippen LogP contribution in [-0.4, -0.2) is 30.1 Å². The lowest BCUT2D eigenvalue weighted by atomic mass is 10.2. The van der Waals surface area contributed by atoms with Gasteiger partial charge in [-0.3, -0.25) is 9.69 Å². The highest BCUT2D eigenvalue weighted by atomic mass is 35.5. The quantitative estimate of drug-likeness (QED) is 0.750. The van der Waals surface area contributed by atoms with E-state index in [9.17, 15) is 4.79 Å². The van der Waals surface area contributed by atoms with Gasteiger partial charge in [0, 0.05) is 27.5 Å². The van der Waals surface area contributed by atoms with Crippen LogP contribution in [-0.2, 0) is 16.1 Å². The predicted octanol–water partition coefficient (Wildman–Crippen LogP) is 4.08. The maximum Gasteiger partial charge on any atom is 0.320 e. The van der Waals surface area contributed by atoms with Gasteiger partial charge < -0.3 is 4.74 Å². The Bertz CT molecular complexity index is 651. The fourth-order valence-corrected chi connectivity index (χ4v) is 4.00. The summed E-state index contributed by atoms with van der Waals surface area (Å²) >= 11 is 8.20. The largest absolute Gasteiger partial charge is 0.465 e. The summed E-state index contributed by atoms with van der Waals surface area (Å²) in [6, 6.07) is 8.65. The molecule has 1 fully saturated rings. The molecule has 3 rings (SSSR count). The van der Waals surface area contributed by atoms with Crippen LogP contribution < -0.4 is 0 Å². The molecule has 0 unspecified atom stereocenters. The zero-order valence-electron chi connectivity index (χ0n) is 12.0. The highest BCUT2D eigenvalue weighted by Crippen LogP contribution is 2.37. The lowest BCUT2D eigenvalue weighted by Gasteiger charge is -2.20. The van der Waals surface area contributed by atoms with Gasteiger partial charge >= 0.3 is 5.97 Å². The molecular weight excluding hydrogens is 306 g/mol. The van der Waals surface area contributed by atoms with Crippen LogP contribution >= 0.6 is 22.9 Å². The Balaban J connectivity index is 1.78. The lowest BCUT2D eigenvalue weighted by molar-refractivity contribution is -0.144. The second-order valence-corrected chi connectivity index (χ2v) is 6.79. The normalized spacial score (nSPS) is 14.8. The number of carbonyl (C=O) groups excluding carboxylic acids is 1. The summed E-state index contributed by atoms with van der Waals surface area (Å²) in [4.78, 5) is 15.1. The van der Waals surface area contributed by atoms with E-state index < -0.39 is 0 Å². The first-order chi connectivity index (χ1) is 10.2. The van der Waals surface area contributed by atoms with Crippen LogP contribution in [0.2, 0.25) is 5.02 Å². The van der Waals surface area contributed by atoms with Crippen molar-refractivity contribution in [2.45, 2.75) is 32.4 Å². The van der Waals surface area contributed by atoms with E-state index in [2.05, 4.69) is 11.0 Å². The number of nitrogens with zero attached hydrogens (tertiary/aromatic N) is 1. The van der Waals surface area contributed by atoms with E-state index >= 15 is 0 Å². The van der Waals surface area contributed by atoms with Gasteiger partial charge in [0.2, 0.25) is 0 Å². The summed E-state index contributed by atoms with van der Waals surface area (Å²) in [5, 5.41) is 1.93. The number of thiophene rings is 1. The fraction of sp³-hybridized carbons (Fsp3) is 0.438. The molecule has 3 nitrogen and oxygen atoms in total.